The van der Waals surface area contributed by atoms with E-state index in [1.165, 1.54) is 5.56 Å². The average Bonchev–Trinajstić information content (AvgIpc) is 2.41. The quantitative estimate of drug-likeness (QED) is 0.815. The number of rotatable bonds is 4. The average molecular weight is 271 g/mol. The number of hydrogen-bond acceptors (Lipinski definition) is 2. The maximum absolute atomic E-state index is 11.9. The van der Waals surface area contributed by atoms with Gasteiger partial charge in [-0.3, -0.25) is 4.79 Å². The van der Waals surface area contributed by atoms with E-state index in [0.717, 1.165) is 22.6 Å². The number of carbonyl (C=O) groups excluding carboxylic acids is 1. The zero-order valence-electron chi connectivity index (χ0n) is 10.9. The fourth-order valence-corrected chi connectivity index (χ4v) is 2.02. The number of carbonyl (C=O) groups is 1. The lowest BCUT2D eigenvalue weighted by atomic mass is 10.1. The molecule has 2 rings (SSSR count). The minimum Gasteiger partial charge on any atom is -0.326 e. The normalized spacial score (nSPS) is 10.2. The highest BCUT2D eigenvalue weighted by Gasteiger charge is 2.04. The first kappa shape index (κ1) is 13.7. The number of benzene rings is 2. The van der Waals surface area contributed by atoms with Crippen LogP contribution in [0.4, 0.5) is 5.69 Å². The van der Waals surface area contributed by atoms with Gasteiger partial charge in [0.15, 0.2) is 0 Å². The molecule has 0 aliphatic carbocycles. The van der Waals surface area contributed by atoms with Gasteiger partial charge in [-0.1, -0.05) is 31.2 Å². The lowest BCUT2D eigenvalue weighted by molar-refractivity contribution is -0.115. The first-order valence-corrected chi connectivity index (χ1v) is 6.79. The summed E-state index contributed by atoms with van der Waals surface area (Å²) in [4.78, 5) is 12.8. The number of anilines is 1. The molecule has 2 nitrogen and oxygen atoms in total. The van der Waals surface area contributed by atoms with Crippen molar-refractivity contribution >= 4 is 24.2 Å². The summed E-state index contributed by atoms with van der Waals surface area (Å²) in [6.07, 6.45) is 1.34. The van der Waals surface area contributed by atoms with Gasteiger partial charge in [0, 0.05) is 10.6 Å². The lowest BCUT2D eigenvalue weighted by Crippen LogP contribution is -2.14. The second-order valence-electron chi connectivity index (χ2n) is 4.45. The van der Waals surface area contributed by atoms with Gasteiger partial charge in [-0.05, 0) is 41.8 Å². The molecule has 1 amide bonds. The van der Waals surface area contributed by atoms with Crippen LogP contribution in [0, 0.1) is 0 Å². The van der Waals surface area contributed by atoms with Gasteiger partial charge in [0.05, 0.1) is 6.42 Å². The molecule has 0 aliphatic rings. The minimum atomic E-state index is 0.000155. The zero-order chi connectivity index (χ0) is 13.7. The fourth-order valence-electron chi connectivity index (χ4n) is 1.87. The molecule has 0 heterocycles. The van der Waals surface area contributed by atoms with Crippen molar-refractivity contribution in [3.8, 4) is 0 Å². The van der Waals surface area contributed by atoms with Crippen LogP contribution in [-0.4, -0.2) is 5.91 Å². The monoisotopic (exact) mass is 271 g/mol. The predicted molar refractivity (Wildman–Crippen MR) is 81.8 cm³/mol. The van der Waals surface area contributed by atoms with Crippen molar-refractivity contribution in [2.75, 3.05) is 5.32 Å². The highest BCUT2D eigenvalue weighted by Crippen LogP contribution is 2.13. The summed E-state index contributed by atoms with van der Waals surface area (Å²) in [5.41, 5.74) is 3.06. The largest absolute Gasteiger partial charge is 0.326 e. The van der Waals surface area contributed by atoms with Crippen molar-refractivity contribution in [1.29, 1.82) is 0 Å². The Bertz CT molecular complexity index is 563. The molecule has 0 unspecified atom stereocenters. The van der Waals surface area contributed by atoms with E-state index in [2.05, 4.69) is 30.9 Å². The molecule has 0 radical (unpaired) electrons. The molecular weight excluding hydrogens is 254 g/mol. The number of nitrogens with one attached hydrogen (secondary N) is 1. The van der Waals surface area contributed by atoms with Crippen molar-refractivity contribution in [1.82, 2.24) is 0 Å². The summed E-state index contributed by atoms with van der Waals surface area (Å²) in [6, 6.07) is 15.6. The third kappa shape index (κ3) is 4.14. The second kappa shape index (κ2) is 6.43. The molecule has 0 spiro atoms. The predicted octanol–water partition coefficient (Wildman–Crippen LogP) is 3.72. The maximum Gasteiger partial charge on any atom is 0.228 e. The second-order valence-corrected chi connectivity index (χ2v) is 4.96. The Morgan fingerprint density at radius 1 is 1.11 bits per heavy atom. The molecule has 1 N–H and O–H groups in total. The Labute approximate surface area is 119 Å². The third-order valence-corrected chi connectivity index (χ3v) is 3.22. The van der Waals surface area contributed by atoms with E-state index >= 15 is 0 Å². The molecule has 98 valence electrons. The van der Waals surface area contributed by atoms with Crippen molar-refractivity contribution < 1.29 is 4.79 Å². The highest BCUT2D eigenvalue weighted by atomic mass is 32.1. The summed E-state index contributed by atoms with van der Waals surface area (Å²) >= 11 is 4.22. The Morgan fingerprint density at radius 2 is 1.84 bits per heavy atom. The van der Waals surface area contributed by atoms with Crippen LogP contribution in [-0.2, 0) is 17.6 Å². The van der Waals surface area contributed by atoms with E-state index in [-0.39, 0.29) is 5.91 Å². The van der Waals surface area contributed by atoms with Gasteiger partial charge in [0.1, 0.15) is 0 Å². The Morgan fingerprint density at radius 3 is 2.53 bits per heavy atom. The van der Waals surface area contributed by atoms with Crippen LogP contribution in [0.25, 0.3) is 0 Å². The lowest BCUT2D eigenvalue weighted by Gasteiger charge is -2.07. The van der Waals surface area contributed by atoms with Crippen molar-refractivity contribution in [3.63, 3.8) is 0 Å². The molecule has 0 saturated carbocycles. The van der Waals surface area contributed by atoms with Crippen LogP contribution >= 0.6 is 12.6 Å². The van der Waals surface area contributed by atoms with E-state index in [4.69, 9.17) is 0 Å². The highest BCUT2D eigenvalue weighted by molar-refractivity contribution is 7.80. The smallest absolute Gasteiger partial charge is 0.228 e. The molecular formula is C16H17NOS. The first-order chi connectivity index (χ1) is 9.17. The van der Waals surface area contributed by atoms with Gasteiger partial charge in [0.2, 0.25) is 5.91 Å². The standard InChI is InChI=1S/C16H17NOS/c1-2-12-4-3-5-14(10-12)17-16(18)11-13-6-8-15(19)9-7-13/h3-10,19H,2,11H2,1H3,(H,17,18). The molecule has 0 atom stereocenters. The van der Waals surface area contributed by atoms with Crippen LogP contribution in [0.5, 0.6) is 0 Å². The number of hydrogen-bond donors (Lipinski definition) is 2. The van der Waals surface area contributed by atoms with Gasteiger partial charge in [-0.25, -0.2) is 0 Å². The molecule has 3 heteroatoms. The molecule has 0 aliphatic heterocycles. The molecule has 2 aromatic rings. The molecule has 0 aromatic heterocycles. The Hall–Kier alpha value is -1.74. The third-order valence-electron chi connectivity index (χ3n) is 2.92. The van der Waals surface area contributed by atoms with Crippen LogP contribution in [0.15, 0.2) is 53.4 Å². The van der Waals surface area contributed by atoms with Crippen molar-refractivity contribution in [2.24, 2.45) is 0 Å². The summed E-state index contributed by atoms with van der Waals surface area (Å²) < 4.78 is 0. The minimum absolute atomic E-state index is 0.000155. The van der Waals surface area contributed by atoms with E-state index in [1.807, 2.05) is 42.5 Å². The zero-order valence-corrected chi connectivity index (χ0v) is 11.8. The summed E-state index contributed by atoms with van der Waals surface area (Å²) in [6.45, 7) is 2.10. The van der Waals surface area contributed by atoms with E-state index in [1.54, 1.807) is 0 Å². The Kier molecular flexibility index (Phi) is 4.63. The number of aryl methyl sites for hydroxylation is 1. The van der Waals surface area contributed by atoms with Gasteiger partial charge < -0.3 is 5.32 Å². The van der Waals surface area contributed by atoms with E-state index in [9.17, 15) is 4.79 Å². The van der Waals surface area contributed by atoms with E-state index in [0.29, 0.717) is 6.42 Å². The number of thiol groups is 1. The van der Waals surface area contributed by atoms with Gasteiger partial charge >= 0.3 is 0 Å². The van der Waals surface area contributed by atoms with Crippen LogP contribution in [0.1, 0.15) is 18.1 Å². The first-order valence-electron chi connectivity index (χ1n) is 6.34. The molecule has 19 heavy (non-hydrogen) atoms. The SMILES string of the molecule is CCc1cccc(NC(=O)Cc2ccc(S)cc2)c1. The Balaban J connectivity index is 1.99. The van der Waals surface area contributed by atoms with Gasteiger partial charge in [-0.15, -0.1) is 12.6 Å². The van der Waals surface area contributed by atoms with Gasteiger partial charge in [0.25, 0.3) is 0 Å². The van der Waals surface area contributed by atoms with Crippen LogP contribution < -0.4 is 5.32 Å². The fraction of sp³-hybridized carbons (Fsp3) is 0.188. The molecule has 0 bridgehead atoms. The summed E-state index contributed by atoms with van der Waals surface area (Å²) in [5, 5.41) is 2.92. The maximum atomic E-state index is 11.9. The van der Waals surface area contributed by atoms with Crippen LogP contribution in [0.2, 0.25) is 0 Å². The molecule has 0 saturated heterocycles. The molecule has 2 aromatic carbocycles. The topological polar surface area (TPSA) is 29.1 Å². The summed E-state index contributed by atoms with van der Waals surface area (Å²) in [5.74, 6) is 0.000155. The van der Waals surface area contributed by atoms with E-state index < -0.39 is 0 Å². The van der Waals surface area contributed by atoms with Gasteiger partial charge in [-0.2, -0.15) is 0 Å². The number of amides is 1. The van der Waals surface area contributed by atoms with Crippen LogP contribution in [0.3, 0.4) is 0 Å². The summed E-state index contributed by atoms with van der Waals surface area (Å²) in [7, 11) is 0. The molecule has 0 fully saturated rings. The van der Waals surface area contributed by atoms with Crippen molar-refractivity contribution in [3.05, 3.63) is 59.7 Å². The van der Waals surface area contributed by atoms with Crippen molar-refractivity contribution in [2.45, 2.75) is 24.7 Å².